The van der Waals surface area contributed by atoms with Crippen molar-refractivity contribution in [3.63, 3.8) is 0 Å². The first-order chi connectivity index (χ1) is 7.29. The number of rotatable bonds is 2. The Hall–Kier alpha value is -0.618. The zero-order valence-electron chi connectivity index (χ0n) is 8.82. The molecule has 1 heterocycles. The van der Waals surface area contributed by atoms with Gasteiger partial charge in [0.1, 0.15) is 6.73 Å². The number of hydrogen-bond acceptors (Lipinski definition) is 2. The molecule has 2 nitrogen and oxygen atoms in total. The van der Waals surface area contributed by atoms with Gasteiger partial charge in [-0.15, -0.1) is 5.73 Å². The minimum atomic E-state index is 0.0301. The average Bonchev–Trinajstić information content (AvgIpc) is 2.43. The smallest absolute Gasteiger partial charge is 0.311 e. The molecule has 0 atom stereocenters. The molecule has 0 bridgehead atoms. The van der Waals surface area contributed by atoms with Crippen LogP contribution in [0.25, 0.3) is 12.2 Å². The fraction of sp³-hybridized carbons (Fsp3) is 0.182. The van der Waals surface area contributed by atoms with E-state index in [1.807, 2.05) is 32.9 Å². The van der Waals surface area contributed by atoms with E-state index in [-0.39, 0.29) is 6.73 Å². The summed E-state index contributed by atoms with van der Waals surface area (Å²) in [7, 11) is 1.85. The van der Waals surface area contributed by atoms with E-state index >= 15 is 0 Å². The standard InChI is InChI=1S/C11H11NOS.Al.2H/c1-8-11(14)9-5-3-2-4-6-10(9)12(8)7-13;;;/h2-3,5-6,13-14H,7H2,1H3;;;/q;+1;;/p-1. The van der Waals surface area contributed by atoms with Crippen molar-refractivity contribution in [1.82, 2.24) is 4.57 Å². The summed E-state index contributed by atoms with van der Waals surface area (Å²) in [6.07, 6.45) is 7.90. The van der Waals surface area contributed by atoms with E-state index in [0.717, 1.165) is 26.5 Å². The first kappa shape index (κ1) is 10.9. The molecule has 15 heavy (non-hydrogen) atoms. The van der Waals surface area contributed by atoms with E-state index in [4.69, 9.17) is 0 Å². The van der Waals surface area contributed by atoms with Crippen molar-refractivity contribution in [1.29, 1.82) is 0 Å². The fourth-order valence-corrected chi connectivity index (χ4v) is 4.19. The predicted octanol–water partition coefficient (Wildman–Crippen LogP) is 1.58. The van der Waals surface area contributed by atoms with E-state index in [1.54, 1.807) is 0 Å². The first-order valence-electron chi connectivity index (χ1n) is 4.76. The molecule has 1 aliphatic carbocycles. The van der Waals surface area contributed by atoms with Gasteiger partial charge in [0.25, 0.3) is 0 Å². The molecule has 0 saturated heterocycles. The topological polar surface area (TPSA) is 25.2 Å². The van der Waals surface area contributed by atoms with Crippen LogP contribution in [0.2, 0.25) is 0 Å². The van der Waals surface area contributed by atoms with E-state index in [9.17, 15) is 5.11 Å². The predicted molar refractivity (Wildman–Crippen MR) is 67.4 cm³/mol. The lowest BCUT2D eigenvalue weighted by Gasteiger charge is -2.03. The maximum Gasteiger partial charge on any atom is 0.311 e. The molecule has 2 rings (SSSR count). The van der Waals surface area contributed by atoms with Gasteiger partial charge in [-0.1, -0.05) is 12.2 Å². The van der Waals surface area contributed by atoms with E-state index in [2.05, 4.69) is 18.7 Å². The molecule has 0 aromatic carbocycles. The van der Waals surface area contributed by atoms with Crippen LogP contribution in [-0.2, 0) is 6.73 Å². The Morgan fingerprint density at radius 3 is 3.07 bits per heavy atom. The van der Waals surface area contributed by atoms with Gasteiger partial charge < -0.3 is 9.67 Å². The van der Waals surface area contributed by atoms with Crippen molar-refractivity contribution in [2.75, 3.05) is 0 Å². The maximum absolute atomic E-state index is 9.36. The molecule has 0 aliphatic heterocycles. The zero-order valence-corrected chi connectivity index (χ0v) is 11.6. The number of hydrogen-bond donors (Lipinski definition) is 1. The Morgan fingerprint density at radius 2 is 2.40 bits per heavy atom. The third-order valence-electron chi connectivity index (χ3n) is 2.57. The second-order valence-corrected chi connectivity index (χ2v) is 5.37. The van der Waals surface area contributed by atoms with Crippen molar-refractivity contribution in [3.05, 3.63) is 34.8 Å². The minimum Gasteiger partial charge on any atom is -0.376 e. The van der Waals surface area contributed by atoms with Gasteiger partial charge in [0, 0.05) is 22.2 Å². The lowest BCUT2D eigenvalue weighted by atomic mass is 10.2. The Labute approximate surface area is 100 Å². The Bertz CT molecular complexity index is 481. The number of nitrogens with zero attached hydrogens (tertiary/aromatic N) is 1. The number of fused-ring (bicyclic) bond motifs is 1. The fourth-order valence-electron chi connectivity index (χ4n) is 1.84. The van der Waals surface area contributed by atoms with Crippen LogP contribution >= 0.6 is 10.1 Å². The molecule has 0 amide bonds. The second kappa shape index (κ2) is 4.49. The van der Waals surface area contributed by atoms with Gasteiger partial charge in [-0.2, -0.15) is 0 Å². The third kappa shape index (κ3) is 1.76. The van der Waals surface area contributed by atoms with Gasteiger partial charge in [0.05, 0.1) is 5.69 Å². The van der Waals surface area contributed by atoms with Crippen molar-refractivity contribution in [3.8, 4) is 0 Å². The van der Waals surface area contributed by atoms with Crippen LogP contribution in [0.4, 0.5) is 0 Å². The normalized spacial score (nSPS) is 12.9. The third-order valence-corrected chi connectivity index (χ3v) is 4.71. The van der Waals surface area contributed by atoms with Crippen LogP contribution in [0, 0.1) is 6.92 Å². The lowest BCUT2D eigenvalue weighted by Crippen LogP contribution is -2.01. The summed E-state index contributed by atoms with van der Waals surface area (Å²) in [5, 5.41) is 9.36. The Morgan fingerprint density at radius 1 is 1.60 bits per heavy atom. The van der Waals surface area contributed by atoms with Gasteiger partial charge in [-0.05, 0) is 13.0 Å². The Kier molecular flexibility index (Phi) is 3.26. The van der Waals surface area contributed by atoms with Crippen LogP contribution in [0.3, 0.4) is 0 Å². The summed E-state index contributed by atoms with van der Waals surface area (Å²) < 4.78 is 1.92. The molecule has 1 aromatic rings. The van der Waals surface area contributed by atoms with Crippen LogP contribution in [0.1, 0.15) is 17.0 Å². The van der Waals surface area contributed by atoms with Gasteiger partial charge in [0.15, 0.2) is 0 Å². The molecular weight excluding hydrogens is 221 g/mol. The SMILES string of the molecule is Cc1c([S][AlH2])c2c(n1CO)C=C=CC=C2. The molecule has 0 unspecified atom stereocenters. The summed E-state index contributed by atoms with van der Waals surface area (Å²) in [6, 6.07) is 0. The quantitative estimate of drug-likeness (QED) is 0.620. The van der Waals surface area contributed by atoms with Crippen LogP contribution in [-0.4, -0.2) is 24.8 Å². The molecule has 1 N–H and O–H groups in total. The minimum absolute atomic E-state index is 0.0301. The van der Waals surface area contributed by atoms with E-state index in [0.29, 0.717) is 0 Å². The summed E-state index contributed by atoms with van der Waals surface area (Å²) in [4.78, 5) is 1.29. The molecule has 1 aromatic heterocycles. The number of aliphatic hydroxyl groups is 1. The Balaban J connectivity index is 2.75. The highest BCUT2D eigenvalue weighted by Crippen LogP contribution is 2.32. The molecule has 76 valence electrons. The van der Waals surface area contributed by atoms with Gasteiger partial charge in [-0.25, -0.2) is 10.1 Å². The number of aromatic nitrogens is 1. The molecular formula is C11H12AlNOS. The second-order valence-electron chi connectivity index (χ2n) is 3.32. The van der Waals surface area contributed by atoms with E-state index < -0.39 is 0 Å². The van der Waals surface area contributed by atoms with Crippen molar-refractivity contribution < 1.29 is 5.11 Å². The highest BCUT2D eigenvalue weighted by Gasteiger charge is 2.15. The van der Waals surface area contributed by atoms with Crippen molar-refractivity contribution >= 4 is 37.4 Å². The first-order valence-corrected chi connectivity index (χ1v) is 8.44. The van der Waals surface area contributed by atoms with Crippen LogP contribution in [0.15, 0.2) is 22.8 Å². The highest BCUT2D eigenvalue weighted by molar-refractivity contribution is 8.19. The van der Waals surface area contributed by atoms with Crippen LogP contribution < -0.4 is 0 Å². The monoisotopic (exact) mass is 233 g/mol. The van der Waals surface area contributed by atoms with Gasteiger partial charge in [0.2, 0.25) is 0 Å². The molecule has 0 radical (unpaired) electrons. The molecule has 1 aliphatic rings. The summed E-state index contributed by atoms with van der Waals surface area (Å²) in [5.74, 6) is 0. The lowest BCUT2D eigenvalue weighted by molar-refractivity contribution is 0.207. The van der Waals surface area contributed by atoms with Crippen LogP contribution in [0.5, 0.6) is 0 Å². The maximum atomic E-state index is 9.36. The molecule has 0 saturated carbocycles. The molecule has 4 heteroatoms. The molecule has 0 fully saturated rings. The zero-order chi connectivity index (χ0) is 10.8. The average molecular weight is 233 g/mol. The largest absolute Gasteiger partial charge is 0.376 e. The number of aliphatic hydroxyl groups excluding tert-OH is 1. The summed E-state index contributed by atoms with van der Waals surface area (Å²) >= 11 is 1.06. The van der Waals surface area contributed by atoms with E-state index in [1.165, 1.54) is 10.5 Å². The van der Waals surface area contributed by atoms with Crippen molar-refractivity contribution in [2.45, 2.75) is 18.6 Å². The number of allylic oxidation sites excluding steroid dienone is 2. The summed E-state index contributed by atoms with van der Waals surface area (Å²) in [6.45, 7) is 2.08. The highest BCUT2D eigenvalue weighted by atomic mass is 32.3. The van der Waals surface area contributed by atoms with Gasteiger partial charge >= 0.3 is 15.2 Å². The van der Waals surface area contributed by atoms with Crippen molar-refractivity contribution in [2.24, 2.45) is 0 Å². The summed E-state index contributed by atoms with van der Waals surface area (Å²) in [5.41, 5.74) is 6.49. The van der Waals surface area contributed by atoms with Gasteiger partial charge in [-0.3, -0.25) is 0 Å². The molecule has 0 spiro atoms.